The van der Waals surface area contributed by atoms with E-state index < -0.39 is 0 Å². The van der Waals surface area contributed by atoms with Gasteiger partial charge in [-0.05, 0) is 44.4 Å². The Kier molecular flexibility index (Phi) is 4.67. The van der Waals surface area contributed by atoms with Crippen molar-refractivity contribution in [3.8, 4) is 11.5 Å². The molecule has 150 valence electrons. The molecule has 2 heterocycles. The predicted molar refractivity (Wildman–Crippen MR) is 113 cm³/mol. The molecule has 0 atom stereocenters. The first-order chi connectivity index (χ1) is 14.1. The maximum absolute atomic E-state index is 13.1. The van der Waals surface area contributed by atoms with Crippen molar-refractivity contribution >= 4 is 11.9 Å². The van der Waals surface area contributed by atoms with Crippen LogP contribution in [0.5, 0.6) is 11.5 Å². The molecule has 4 nitrogen and oxygen atoms in total. The molecule has 0 saturated heterocycles. The Labute approximate surface area is 172 Å². The molecular formula is C25H27NO3. The molecule has 29 heavy (non-hydrogen) atoms. The third-order valence-electron chi connectivity index (χ3n) is 6.40. The van der Waals surface area contributed by atoms with E-state index in [-0.39, 0.29) is 5.78 Å². The number of benzene rings is 2. The number of hydrogen-bond acceptors (Lipinski definition) is 4. The van der Waals surface area contributed by atoms with Crippen molar-refractivity contribution in [3.63, 3.8) is 0 Å². The summed E-state index contributed by atoms with van der Waals surface area (Å²) < 4.78 is 12.2. The van der Waals surface area contributed by atoms with Gasteiger partial charge in [-0.3, -0.25) is 9.69 Å². The van der Waals surface area contributed by atoms with E-state index in [4.69, 9.17) is 9.47 Å². The van der Waals surface area contributed by atoms with E-state index in [1.165, 1.54) is 32.1 Å². The second kappa shape index (κ2) is 7.34. The fourth-order valence-electron chi connectivity index (χ4n) is 4.86. The van der Waals surface area contributed by atoms with Crippen LogP contribution < -0.4 is 9.47 Å². The van der Waals surface area contributed by atoms with Gasteiger partial charge in [0, 0.05) is 23.7 Å². The quantitative estimate of drug-likeness (QED) is 0.644. The van der Waals surface area contributed by atoms with Crippen LogP contribution in [0.1, 0.15) is 64.7 Å². The number of hydrogen-bond donors (Lipinski definition) is 0. The van der Waals surface area contributed by atoms with Crippen LogP contribution in [0.4, 0.5) is 0 Å². The third kappa shape index (κ3) is 3.36. The van der Waals surface area contributed by atoms with E-state index in [9.17, 15) is 4.79 Å². The summed E-state index contributed by atoms with van der Waals surface area (Å²) in [6, 6.07) is 10.7. The second-order valence-corrected chi connectivity index (χ2v) is 8.53. The second-order valence-electron chi connectivity index (χ2n) is 8.53. The molecule has 4 heteroatoms. The molecule has 5 rings (SSSR count). The summed E-state index contributed by atoms with van der Waals surface area (Å²) in [6.45, 7) is 5.51. The molecule has 3 aliphatic rings. The van der Waals surface area contributed by atoms with Crippen molar-refractivity contribution in [2.75, 3.05) is 6.73 Å². The van der Waals surface area contributed by atoms with E-state index in [0.717, 1.165) is 34.5 Å². The van der Waals surface area contributed by atoms with Gasteiger partial charge in [0.2, 0.25) is 5.78 Å². The van der Waals surface area contributed by atoms with Crippen LogP contribution >= 0.6 is 0 Å². The molecule has 0 radical (unpaired) electrons. The Morgan fingerprint density at radius 3 is 2.69 bits per heavy atom. The maximum atomic E-state index is 13.1. The van der Waals surface area contributed by atoms with E-state index in [0.29, 0.717) is 29.8 Å². The zero-order valence-electron chi connectivity index (χ0n) is 17.2. The molecule has 1 aliphatic carbocycles. The molecule has 2 aromatic rings. The summed E-state index contributed by atoms with van der Waals surface area (Å²) in [6.07, 6.45) is 8.27. The molecular weight excluding hydrogens is 362 g/mol. The van der Waals surface area contributed by atoms with Crippen molar-refractivity contribution in [2.24, 2.45) is 0 Å². The molecule has 1 fully saturated rings. The van der Waals surface area contributed by atoms with Gasteiger partial charge in [-0.1, -0.05) is 49.1 Å². The lowest BCUT2D eigenvalue weighted by atomic mass is 9.93. The summed E-state index contributed by atoms with van der Waals surface area (Å²) >= 11 is 0. The van der Waals surface area contributed by atoms with Crippen molar-refractivity contribution in [1.82, 2.24) is 4.90 Å². The van der Waals surface area contributed by atoms with Crippen LogP contribution in [0, 0.1) is 13.8 Å². The molecule has 0 unspecified atom stereocenters. The fourth-order valence-corrected chi connectivity index (χ4v) is 4.86. The van der Waals surface area contributed by atoms with E-state index in [1.54, 1.807) is 0 Å². The largest absolute Gasteiger partial charge is 0.477 e. The minimum atomic E-state index is -0.0396. The van der Waals surface area contributed by atoms with Crippen LogP contribution in [0.3, 0.4) is 0 Å². The van der Waals surface area contributed by atoms with E-state index >= 15 is 0 Å². The van der Waals surface area contributed by atoms with Crippen molar-refractivity contribution in [3.05, 3.63) is 63.9 Å². The molecule has 0 aromatic heterocycles. The van der Waals surface area contributed by atoms with Gasteiger partial charge in [-0.25, -0.2) is 0 Å². The Bertz CT molecular complexity index is 1000. The van der Waals surface area contributed by atoms with Crippen LogP contribution in [0.15, 0.2) is 36.1 Å². The van der Waals surface area contributed by atoms with Crippen molar-refractivity contribution in [2.45, 2.75) is 58.5 Å². The minimum Gasteiger partial charge on any atom is -0.477 e. The van der Waals surface area contributed by atoms with Crippen LogP contribution in [-0.2, 0) is 6.54 Å². The molecule has 0 N–H and O–H groups in total. The topological polar surface area (TPSA) is 38.8 Å². The first-order valence-electron chi connectivity index (χ1n) is 10.6. The number of ketones is 1. The van der Waals surface area contributed by atoms with Gasteiger partial charge in [0.1, 0.15) is 18.2 Å². The summed E-state index contributed by atoms with van der Waals surface area (Å²) in [5.74, 6) is 1.89. The number of rotatable bonds is 2. The molecule has 0 spiro atoms. The summed E-state index contributed by atoms with van der Waals surface area (Å²) in [7, 11) is 0. The van der Waals surface area contributed by atoms with Crippen molar-refractivity contribution in [1.29, 1.82) is 0 Å². The van der Waals surface area contributed by atoms with Gasteiger partial charge in [0.25, 0.3) is 0 Å². The number of Topliss-reactive ketones (excluding diaryl/α,β-unsaturated/α-hetero) is 1. The Balaban J connectivity index is 1.45. The molecule has 2 aromatic carbocycles. The predicted octanol–water partition coefficient (Wildman–Crippen LogP) is 5.40. The number of carbonyl (C=O) groups is 1. The Morgan fingerprint density at radius 1 is 1.07 bits per heavy atom. The van der Waals surface area contributed by atoms with Crippen molar-refractivity contribution < 1.29 is 14.3 Å². The third-order valence-corrected chi connectivity index (χ3v) is 6.40. The summed E-state index contributed by atoms with van der Waals surface area (Å²) in [5.41, 5.74) is 4.83. The molecule has 0 amide bonds. The van der Waals surface area contributed by atoms with Gasteiger partial charge in [0.15, 0.2) is 5.76 Å². The highest BCUT2D eigenvalue weighted by atomic mass is 16.5. The molecule has 1 saturated carbocycles. The lowest BCUT2D eigenvalue weighted by Crippen LogP contribution is -2.41. The van der Waals surface area contributed by atoms with Gasteiger partial charge in [-0.15, -0.1) is 0 Å². The average molecular weight is 389 g/mol. The normalized spacial score (nSPS) is 20.9. The highest BCUT2D eigenvalue weighted by Gasteiger charge is 2.34. The Morgan fingerprint density at radius 2 is 1.90 bits per heavy atom. The SMILES string of the molecule is Cc1cccc(/C=C2\Oc3c(cc4c(c3C)OCN(C3CCCCC3)C4)C2=O)c1. The van der Waals surface area contributed by atoms with Crippen LogP contribution in [-0.4, -0.2) is 23.5 Å². The molecule has 2 aliphatic heterocycles. The first kappa shape index (κ1) is 18.4. The highest BCUT2D eigenvalue weighted by molar-refractivity contribution is 6.15. The molecule has 0 bridgehead atoms. The zero-order valence-corrected chi connectivity index (χ0v) is 17.2. The summed E-state index contributed by atoms with van der Waals surface area (Å²) in [5, 5.41) is 0. The Hall–Kier alpha value is -2.59. The average Bonchev–Trinajstić information content (AvgIpc) is 3.04. The van der Waals surface area contributed by atoms with Gasteiger partial charge in [-0.2, -0.15) is 0 Å². The van der Waals surface area contributed by atoms with Crippen LogP contribution in [0.2, 0.25) is 0 Å². The van der Waals surface area contributed by atoms with Crippen LogP contribution in [0.25, 0.3) is 6.08 Å². The maximum Gasteiger partial charge on any atom is 0.231 e. The lowest BCUT2D eigenvalue weighted by Gasteiger charge is -2.37. The van der Waals surface area contributed by atoms with Gasteiger partial charge < -0.3 is 9.47 Å². The van der Waals surface area contributed by atoms with Gasteiger partial charge >= 0.3 is 0 Å². The zero-order chi connectivity index (χ0) is 20.0. The number of aryl methyl sites for hydroxylation is 1. The van der Waals surface area contributed by atoms with Gasteiger partial charge in [0.05, 0.1) is 5.56 Å². The number of ether oxygens (including phenoxy) is 2. The lowest BCUT2D eigenvalue weighted by molar-refractivity contribution is 0.0397. The van der Waals surface area contributed by atoms with E-state index in [1.807, 2.05) is 44.2 Å². The highest BCUT2D eigenvalue weighted by Crippen LogP contribution is 2.43. The minimum absolute atomic E-state index is 0.0396. The standard InChI is InChI=1S/C25H27NO3/c1-16-7-6-8-18(11-16)12-22-23(27)21-13-19-14-26(20-9-4-3-5-10-20)15-28-24(19)17(2)25(21)29-22/h6-8,11-13,20H,3-5,9-10,14-15H2,1-2H3/b22-12-. The number of carbonyl (C=O) groups excluding carboxylic acids is 1. The fraction of sp³-hybridized carbons (Fsp3) is 0.400. The smallest absolute Gasteiger partial charge is 0.231 e. The summed E-state index contributed by atoms with van der Waals surface area (Å²) in [4.78, 5) is 15.5. The van der Waals surface area contributed by atoms with E-state index in [2.05, 4.69) is 11.0 Å². The number of nitrogens with zero attached hydrogens (tertiary/aromatic N) is 1. The first-order valence-corrected chi connectivity index (χ1v) is 10.6. The monoisotopic (exact) mass is 389 g/mol. The number of allylic oxidation sites excluding steroid dienone is 1. The number of fused-ring (bicyclic) bond motifs is 2.